The van der Waals surface area contributed by atoms with Gasteiger partial charge in [-0.2, -0.15) is 0 Å². The van der Waals surface area contributed by atoms with Crippen molar-refractivity contribution in [2.45, 2.75) is 58.2 Å². The summed E-state index contributed by atoms with van der Waals surface area (Å²) in [5, 5.41) is 3.63. The molecule has 0 aromatic heterocycles. The normalized spacial score (nSPS) is 16.7. The van der Waals surface area contributed by atoms with E-state index in [1.165, 1.54) is 27.8 Å². The summed E-state index contributed by atoms with van der Waals surface area (Å²) in [6.45, 7) is 10.6. The van der Waals surface area contributed by atoms with E-state index in [2.05, 4.69) is 79.5 Å². The van der Waals surface area contributed by atoms with Crippen molar-refractivity contribution in [3.63, 3.8) is 0 Å². The standard InChI is InChI=1S/C29H35FN2/c1-29(2,3)26-12-8-23(9-13-26)20-31-16-17-32-21-25-7-5-4-6-24(25)19-28(32)18-22-10-14-27(30)15-11-22/h4-15,28,31H,16-21H2,1-3H3. The topological polar surface area (TPSA) is 15.3 Å². The molecule has 4 rings (SSSR count). The van der Waals surface area contributed by atoms with Gasteiger partial charge in [-0.3, -0.25) is 4.90 Å². The minimum absolute atomic E-state index is 0.167. The largest absolute Gasteiger partial charge is 0.311 e. The zero-order valence-electron chi connectivity index (χ0n) is 19.6. The molecule has 3 aromatic carbocycles. The molecule has 0 saturated heterocycles. The van der Waals surface area contributed by atoms with Crippen molar-refractivity contribution in [1.29, 1.82) is 0 Å². The van der Waals surface area contributed by atoms with Crippen LogP contribution in [0.2, 0.25) is 0 Å². The number of hydrogen-bond donors (Lipinski definition) is 1. The maximum absolute atomic E-state index is 13.3. The Morgan fingerprint density at radius 1 is 0.875 bits per heavy atom. The smallest absolute Gasteiger partial charge is 0.123 e. The van der Waals surface area contributed by atoms with Gasteiger partial charge < -0.3 is 5.32 Å². The summed E-state index contributed by atoms with van der Waals surface area (Å²) in [4.78, 5) is 2.58. The second kappa shape index (κ2) is 9.97. The van der Waals surface area contributed by atoms with Gasteiger partial charge in [0.25, 0.3) is 0 Å². The van der Waals surface area contributed by atoms with Gasteiger partial charge in [0.15, 0.2) is 0 Å². The fourth-order valence-corrected chi connectivity index (χ4v) is 4.58. The molecular formula is C29H35FN2. The van der Waals surface area contributed by atoms with E-state index < -0.39 is 0 Å². The van der Waals surface area contributed by atoms with E-state index in [0.717, 1.165) is 39.0 Å². The van der Waals surface area contributed by atoms with E-state index in [1.54, 1.807) is 12.1 Å². The Kier molecular flexibility index (Phi) is 7.07. The van der Waals surface area contributed by atoms with Crippen LogP contribution in [0.25, 0.3) is 0 Å². The van der Waals surface area contributed by atoms with E-state index in [-0.39, 0.29) is 11.2 Å². The number of hydrogen-bond acceptors (Lipinski definition) is 2. The average molecular weight is 431 g/mol. The summed E-state index contributed by atoms with van der Waals surface area (Å²) in [5.41, 5.74) is 6.97. The van der Waals surface area contributed by atoms with Crippen molar-refractivity contribution in [2.75, 3.05) is 13.1 Å². The molecule has 1 heterocycles. The highest BCUT2D eigenvalue weighted by atomic mass is 19.1. The van der Waals surface area contributed by atoms with E-state index in [1.807, 2.05) is 12.1 Å². The number of halogens is 1. The van der Waals surface area contributed by atoms with Crippen LogP contribution in [0.15, 0.2) is 72.8 Å². The van der Waals surface area contributed by atoms with Gasteiger partial charge in [0.2, 0.25) is 0 Å². The van der Waals surface area contributed by atoms with Gasteiger partial charge in [0, 0.05) is 32.2 Å². The zero-order chi connectivity index (χ0) is 22.6. The number of fused-ring (bicyclic) bond motifs is 1. The predicted molar refractivity (Wildman–Crippen MR) is 131 cm³/mol. The molecule has 3 heteroatoms. The van der Waals surface area contributed by atoms with Gasteiger partial charge in [-0.25, -0.2) is 4.39 Å². The lowest BCUT2D eigenvalue weighted by molar-refractivity contribution is 0.170. The zero-order valence-corrected chi connectivity index (χ0v) is 19.6. The lowest BCUT2D eigenvalue weighted by Crippen LogP contribution is -2.44. The first-order valence-electron chi connectivity index (χ1n) is 11.7. The molecule has 2 nitrogen and oxygen atoms in total. The third kappa shape index (κ3) is 5.85. The van der Waals surface area contributed by atoms with E-state index in [9.17, 15) is 4.39 Å². The van der Waals surface area contributed by atoms with Gasteiger partial charge in [-0.15, -0.1) is 0 Å². The molecule has 0 aliphatic carbocycles. The Balaban J connectivity index is 1.36. The van der Waals surface area contributed by atoms with E-state index in [0.29, 0.717) is 6.04 Å². The fourth-order valence-electron chi connectivity index (χ4n) is 4.58. The first-order valence-corrected chi connectivity index (χ1v) is 11.7. The maximum atomic E-state index is 13.3. The van der Waals surface area contributed by atoms with Gasteiger partial charge in [-0.05, 0) is 58.2 Å². The predicted octanol–water partition coefficient (Wildman–Crippen LogP) is 5.88. The van der Waals surface area contributed by atoms with Crippen LogP contribution in [0, 0.1) is 5.82 Å². The van der Waals surface area contributed by atoms with Crippen molar-refractivity contribution in [2.24, 2.45) is 0 Å². The van der Waals surface area contributed by atoms with Gasteiger partial charge in [0.1, 0.15) is 5.82 Å². The molecule has 3 aromatic rings. The molecule has 1 aliphatic rings. The Hall–Kier alpha value is -2.49. The average Bonchev–Trinajstić information content (AvgIpc) is 2.78. The lowest BCUT2D eigenvalue weighted by Gasteiger charge is -2.37. The van der Waals surface area contributed by atoms with Crippen LogP contribution >= 0.6 is 0 Å². The Morgan fingerprint density at radius 2 is 1.53 bits per heavy atom. The molecule has 0 bridgehead atoms. The molecule has 0 fully saturated rings. The van der Waals surface area contributed by atoms with Crippen LogP contribution in [0.3, 0.4) is 0 Å². The first-order chi connectivity index (χ1) is 15.4. The molecule has 1 aliphatic heterocycles. The Bertz CT molecular complexity index is 1000. The fraction of sp³-hybridized carbons (Fsp3) is 0.379. The summed E-state index contributed by atoms with van der Waals surface area (Å²) >= 11 is 0. The third-order valence-electron chi connectivity index (χ3n) is 6.57. The van der Waals surface area contributed by atoms with Crippen LogP contribution in [-0.4, -0.2) is 24.0 Å². The highest BCUT2D eigenvalue weighted by Crippen LogP contribution is 2.25. The van der Waals surface area contributed by atoms with Crippen LogP contribution in [0.4, 0.5) is 4.39 Å². The molecule has 32 heavy (non-hydrogen) atoms. The summed E-state index contributed by atoms with van der Waals surface area (Å²) < 4.78 is 13.3. The molecule has 1 N–H and O–H groups in total. The second-order valence-electron chi connectivity index (χ2n) is 10.1. The molecule has 0 saturated carbocycles. The molecule has 0 spiro atoms. The van der Waals surface area contributed by atoms with E-state index in [4.69, 9.17) is 0 Å². The monoisotopic (exact) mass is 430 g/mol. The maximum Gasteiger partial charge on any atom is 0.123 e. The number of nitrogens with one attached hydrogen (secondary N) is 1. The third-order valence-corrected chi connectivity index (χ3v) is 6.57. The summed E-state index contributed by atoms with van der Waals surface area (Å²) in [7, 11) is 0. The van der Waals surface area contributed by atoms with Crippen molar-refractivity contribution >= 4 is 0 Å². The van der Waals surface area contributed by atoms with Crippen LogP contribution in [0.5, 0.6) is 0 Å². The van der Waals surface area contributed by atoms with Gasteiger partial charge >= 0.3 is 0 Å². The van der Waals surface area contributed by atoms with Crippen molar-refractivity contribution in [3.05, 3.63) is 106 Å². The molecule has 1 unspecified atom stereocenters. The van der Waals surface area contributed by atoms with Crippen LogP contribution in [-0.2, 0) is 31.3 Å². The number of rotatable bonds is 7. The number of benzene rings is 3. The first kappa shape index (κ1) is 22.7. The van der Waals surface area contributed by atoms with Crippen molar-refractivity contribution in [1.82, 2.24) is 10.2 Å². The number of nitrogens with zero attached hydrogens (tertiary/aromatic N) is 1. The molecule has 0 radical (unpaired) electrons. The molecule has 1 atom stereocenters. The summed E-state index contributed by atoms with van der Waals surface area (Å²) in [6.07, 6.45) is 1.99. The highest BCUT2D eigenvalue weighted by molar-refractivity contribution is 5.31. The van der Waals surface area contributed by atoms with Crippen LogP contribution in [0.1, 0.15) is 48.6 Å². The summed E-state index contributed by atoms with van der Waals surface area (Å²) in [6, 6.07) is 25.2. The van der Waals surface area contributed by atoms with E-state index >= 15 is 0 Å². The quantitative estimate of drug-likeness (QED) is 0.471. The Morgan fingerprint density at radius 3 is 2.22 bits per heavy atom. The molecule has 168 valence electrons. The van der Waals surface area contributed by atoms with Crippen molar-refractivity contribution < 1.29 is 4.39 Å². The van der Waals surface area contributed by atoms with Gasteiger partial charge in [-0.1, -0.05) is 81.4 Å². The minimum atomic E-state index is -0.167. The Labute approximate surface area is 192 Å². The van der Waals surface area contributed by atoms with Crippen LogP contribution < -0.4 is 5.32 Å². The molecular weight excluding hydrogens is 395 g/mol. The minimum Gasteiger partial charge on any atom is -0.311 e. The molecule has 0 amide bonds. The summed E-state index contributed by atoms with van der Waals surface area (Å²) in [5.74, 6) is -0.167. The lowest BCUT2D eigenvalue weighted by atomic mass is 9.87. The highest BCUT2D eigenvalue weighted by Gasteiger charge is 2.25. The second-order valence-corrected chi connectivity index (χ2v) is 10.1. The van der Waals surface area contributed by atoms with Gasteiger partial charge in [0.05, 0.1) is 0 Å². The van der Waals surface area contributed by atoms with Crippen molar-refractivity contribution in [3.8, 4) is 0 Å². The SMILES string of the molecule is CC(C)(C)c1ccc(CNCCN2Cc3ccccc3CC2Cc2ccc(F)cc2)cc1.